The van der Waals surface area contributed by atoms with E-state index in [1.165, 1.54) is 5.56 Å². The Morgan fingerprint density at radius 3 is 2.45 bits per heavy atom. The van der Waals surface area contributed by atoms with E-state index in [4.69, 9.17) is 16.3 Å². The lowest BCUT2D eigenvalue weighted by molar-refractivity contribution is 0.408. The fourth-order valence-electron chi connectivity index (χ4n) is 2.17. The van der Waals surface area contributed by atoms with E-state index in [-0.39, 0.29) is 0 Å². The van der Waals surface area contributed by atoms with Gasteiger partial charge in [0.2, 0.25) is 0 Å². The first-order chi connectivity index (χ1) is 9.63. The van der Waals surface area contributed by atoms with Gasteiger partial charge in [0.05, 0.1) is 7.11 Å². The Hall–Kier alpha value is -0.510. The number of hydrogen-bond donors (Lipinski definition) is 0. The predicted molar refractivity (Wildman–Crippen MR) is 92.4 cm³/mol. The van der Waals surface area contributed by atoms with Gasteiger partial charge in [-0.1, -0.05) is 55.6 Å². The van der Waals surface area contributed by atoms with E-state index in [1.807, 2.05) is 18.2 Å². The molecule has 0 aliphatic rings. The summed E-state index contributed by atoms with van der Waals surface area (Å²) in [6.45, 7) is 0. The minimum Gasteiger partial charge on any atom is -0.496 e. The zero-order chi connectivity index (χ0) is 14.5. The van der Waals surface area contributed by atoms with Gasteiger partial charge in [0.25, 0.3) is 0 Å². The van der Waals surface area contributed by atoms with Crippen LogP contribution in [0.3, 0.4) is 0 Å². The van der Waals surface area contributed by atoms with Gasteiger partial charge in [0, 0.05) is 14.8 Å². The van der Waals surface area contributed by atoms with Crippen LogP contribution in [0, 0.1) is 0 Å². The SMILES string of the molecule is COc1ccc(Cl)cc1CC(CBr)c1ccc(Br)cc1. The molecule has 0 saturated carbocycles. The van der Waals surface area contributed by atoms with Gasteiger partial charge < -0.3 is 4.74 Å². The lowest BCUT2D eigenvalue weighted by Crippen LogP contribution is -2.05. The van der Waals surface area contributed by atoms with Gasteiger partial charge in [-0.3, -0.25) is 0 Å². The highest BCUT2D eigenvalue weighted by molar-refractivity contribution is 9.10. The molecule has 4 heteroatoms. The summed E-state index contributed by atoms with van der Waals surface area (Å²) in [5.74, 6) is 1.27. The molecule has 0 aromatic heterocycles. The van der Waals surface area contributed by atoms with Gasteiger partial charge in [-0.25, -0.2) is 0 Å². The molecule has 1 atom stereocenters. The number of alkyl halides is 1. The van der Waals surface area contributed by atoms with Crippen LogP contribution in [0.15, 0.2) is 46.9 Å². The van der Waals surface area contributed by atoms with Crippen LogP contribution in [0.1, 0.15) is 17.0 Å². The number of benzene rings is 2. The minimum atomic E-state index is 0.385. The normalized spacial score (nSPS) is 12.2. The molecular weight excluding hydrogens is 403 g/mol. The van der Waals surface area contributed by atoms with Crippen LogP contribution in [-0.2, 0) is 6.42 Å². The first-order valence-electron chi connectivity index (χ1n) is 6.28. The largest absolute Gasteiger partial charge is 0.496 e. The summed E-state index contributed by atoms with van der Waals surface area (Å²) in [7, 11) is 1.69. The fourth-order valence-corrected chi connectivity index (χ4v) is 3.23. The van der Waals surface area contributed by atoms with E-state index in [0.29, 0.717) is 5.92 Å². The van der Waals surface area contributed by atoms with Crippen LogP contribution in [-0.4, -0.2) is 12.4 Å². The van der Waals surface area contributed by atoms with Crippen molar-refractivity contribution in [2.45, 2.75) is 12.3 Å². The van der Waals surface area contributed by atoms with Crippen molar-refractivity contribution in [3.63, 3.8) is 0 Å². The summed E-state index contributed by atoms with van der Waals surface area (Å²) in [4.78, 5) is 0. The average molecular weight is 419 g/mol. The maximum atomic E-state index is 6.09. The van der Waals surface area contributed by atoms with Crippen LogP contribution >= 0.6 is 43.5 Å². The van der Waals surface area contributed by atoms with E-state index in [9.17, 15) is 0 Å². The molecular formula is C16H15Br2ClO. The third kappa shape index (κ3) is 4.00. The van der Waals surface area contributed by atoms with Gasteiger partial charge in [0.1, 0.15) is 5.75 Å². The predicted octanol–water partition coefficient (Wildman–Crippen LogP) is 5.83. The maximum Gasteiger partial charge on any atom is 0.122 e. The van der Waals surface area contributed by atoms with Gasteiger partial charge in [-0.05, 0) is 53.8 Å². The standard InChI is InChI=1S/C16H15Br2ClO/c1-20-16-7-6-15(19)9-12(16)8-13(10-17)11-2-4-14(18)5-3-11/h2-7,9,13H,8,10H2,1H3. The molecule has 106 valence electrons. The molecule has 2 rings (SSSR count). The Morgan fingerprint density at radius 1 is 1.15 bits per heavy atom. The molecule has 0 fully saturated rings. The maximum absolute atomic E-state index is 6.09. The number of ether oxygens (including phenoxy) is 1. The van der Waals surface area contributed by atoms with Crippen LogP contribution in [0.2, 0.25) is 5.02 Å². The molecule has 0 bridgehead atoms. The first-order valence-corrected chi connectivity index (χ1v) is 8.57. The summed E-state index contributed by atoms with van der Waals surface area (Å²) < 4.78 is 6.51. The van der Waals surface area contributed by atoms with Crippen LogP contribution in [0.4, 0.5) is 0 Å². The second-order valence-electron chi connectivity index (χ2n) is 4.56. The number of halogens is 3. The third-order valence-electron chi connectivity index (χ3n) is 3.24. The number of methoxy groups -OCH3 is 1. The van der Waals surface area contributed by atoms with E-state index in [0.717, 1.165) is 32.6 Å². The molecule has 1 nitrogen and oxygen atoms in total. The van der Waals surface area contributed by atoms with Crippen molar-refractivity contribution in [1.82, 2.24) is 0 Å². The van der Waals surface area contributed by atoms with Crippen LogP contribution in [0.5, 0.6) is 5.75 Å². The Balaban J connectivity index is 2.26. The minimum absolute atomic E-state index is 0.385. The molecule has 0 spiro atoms. The molecule has 0 aliphatic carbocycles. The zero-order valence-electron chi connectivity index (χ0n) is 11.1. The summed E-state index contributed by atoms with van der Waals surface area (Å²) in [6, 6.07) is 14.2. The van der Waals surface area contributed by atoms with Crippen molar-refractivity contribution >= 4 is 43.5 Å². The van der Waals surface area contributed by atoms with Crippen molar-refractivity contribution in [3.8, 4) is 5.75 Å². The Labute approximate surface area is 141 Å². The lowest BCUT2D eigenvalue weighted by atomic mass is 9.93. The van der Waals surface area contributed by atoms with Gasteiger partial charge in [0.15, 0.2) is 0 Å². The smallest absolute Gasteiger partial charge is 0.122 e. The lowest BCUT2D eigenvalue weighted by Gasteiger charge is -2.17. The van der Waals surface area contributed by atoms with Gasteiger partial charge in [-0.15, -0.1) is 0 Å². The molecule has 0 heterocycles. The fraction of sp³-hybridized carbons (Fsp3) is 0.250. The summed E-state index contributed by atoms with van der Waals surface area (Å²) in [5.41, 5.74) is 2.43. The van der Waals surface area contributed by atoms with Crippen molar-refractivity contribution in [1.29, 1.82) is 0 Å². The van der Waals surface area contributed by atoms with Gasteiger partial charge in [-0.2, -0.15) is 0 Å². The molecule has 0 N–H and O–H groups in total. The zero-order valence-corrected chi connectivity index (χ0v) is 15.0. The molecule has 1 unspecified atom stereocenters. The quantitative estimate of drug-likeness (QED) is 0.555. The molecule has 0 aliphatic heterocycles. The molecule has 2 aromatic rings. The second kappa shape index (κ2) is 7.48. The molecule has 0 amide bonds. The summed E-state index contributed by atoms with van der Waals surface area (Å²) >= 11 is 13.2. The van der Waals surface area contributed by atoms with E-state index < -0.39 is 0 Å². The average Bonchev–Trinajstić information content (AvgIpc) is 2.46. The first kappa shape index (κ1) is 15.9. The second-order valence-corrected chi connectivity index (χ2v) is 6.56. The van der Waals surface area contributed by atoms with Crippen molar-refractivity contribution in [2.24, 2.45) is 0 Å². The molecule has 2 aromatic carbocycles. The molecule has 0 radical (unpaired) electrons. The van der Waals surface area contributed by atoms with Gasteiger partial charge >= 0.3 is 0 Å². The van der Waals surface area contributed by atoms with E-state index >= 15 is 0 Å². The van der Waals surface area contributed by atoms with Crippen LogP contribution in [0.25, 0.3) is 0 Å². The van der Waals surface area contributed by atoms with Crippen molar-refractivity contribution in [3.05, 3.63) is 63.1 Å². The summed E-state index contributed by atoms with van der Waals surface area (Å²) in [6.07, 6.45) is 0.886. The topological polar surface area (TPSA) is 9.23 Å². The Bertz CT molecular complexity index is 569. The van der Waals surface area contributed by atoms with E-state index in [2.05, 4.69) is 56.1 Å². The highest BCUT2D eigenvalue weighted by Crippen LogP contribution is 2.30. The monoisotopic (exact) mass is 416 g/mol. The van der Waals surface area contributed by atoms with Crippen molar-refractivity contribution < 1.29 is 4.74 Å². The summed E-state index contributed by atoms with van der Waals surface area (Å²) in [5, 5.41) is 1.63. The number of hydrogen-bond acceptors (Lipinski definition) is 1. The molecule has 20 heavy (non-hydrogen) atoms. The van der Waals surface area contributed by atoms with Crippen LogP contribution < -0.4 is 4.74 Å². The third-order valence-corrected chi connectivity index (χ3v) is 4.78. The van der Waals surface area contributed by atoms with Crippen molar-refractivity contribution in [2.75, 3.05) is 12.4 Å². The van der Waals surface area contributed by atoms with E-state index in [1.54, 1.807) is 7.11 Å². The highest BCUT2D eigenvalue weighted by Gasteiger charge is 2.14. The Kier molecular flexibility index (Phi) is 5.94. The number of rotatable bonds is 5. The Morgan fingerprint density at radius 2 is 1.85 bits per heavy atom. The highest BCUT2D eigenvalue weighted by atomic mass is 79.9. The molecule has 0 saturated heterocycles.